The summed E-state index contributed by atoms with van der Waals surface area (Å²) in [5, 5.41) is 3.57. The number of hydrogen-bond donors (Lipinski definition) is 0. The normalized spacial score (nSPS) is 12.7. The van der Waals surface area contributed by atoms with Gasteiger partial charge in [0.1, 0.15) is 0 Å². The molecule has 0 atom stereocenters. The van der Waals surface area contributed by atoms with Crippen molar-refractivity contribution in [1.29, 1.82) is 0 Å². The maximum absolute atomic E-state index is 13.0. The van der Waals surface area contributed by atoms with Gasteiger partial charge in [0.25, 0.3) is 0 Å². The van der Waals surface area contributed by atoms with Crippen molar-refractivity contribution < 1.29 is 26.3 Å². The minimum absolute atomic E-state index is 0.198. The summed E-state index contributed by atoms with van der Waals surface area (Å²) in [7, 11) is 0. The van der Waals surface area contributed by atoms with Gasteiger partial charge in [0.2, 0.25) is 0 Å². The third kappa shape index (κ3) is 3.39. The van der Waals surface area contributed by atoms with E-state index in [1.54, 1.807) is 0 Å². The summed E-state index contributed by atoms with van der Waals surface area (Å²) in [6, 6.07) is 3.35. The fraction of sp³-hybridized carbons (Fsp3) is 0.250. The van der Waals surface area contributed by atoms with Crippen LogP contribution in [0.3, 0.4) is 0 Å². The highest BCUT2D eigenvalue weighted by atomic mass is 79.9. The van der Waals surface area contributed by atoms with Gasteiger partial charge in [-0.1, -0.05) is 22.0 Å². The highest BCUT2D eigenvalue weighted by Crippen LogP contribution is 2.36. The van der Waals surface area contributed by atoms with Crippen molar-refractivity contribution in [1.82, 2.24) is 9.78 Å². The zero-order valence-electron chi connectivity index (χ0n) is 10.1. The first-order chi connectivity index (χ1) is 9.63. The molecule has 1 aromatic carbocycles. The van der Waals surface area contributed by atoms with Crippen LogP contribution in [0, 0.1) is 0 Å². The highest BCUT2D eigenvalue weighted by molar-refractivity contribution is 9.08. The van der Waals surface area contributed by atoms with Crippen molar-refractivity contribution in [3.8, 4) is 5.69 Å². The molecule has 0 radical (unpaired) electrons. The first kappa shape index (κ1) is 15.9. The lowest BCUT2D eigenvalue weighted by Crippen LogP contribution is -2.12. The summed E-state index contributed by atoms with van der Waals surface area (Å²) < 4.78 is 77.1. The number of halogens is 7. The number of rotatable bonds is 2. The number of hydrogen-bond acceptors (Lipinski definition) is 1. The van der Waals surface area contributed by atoms with E-state index in [1.165, 1.54) is 6.07 Å². The summed E-state index contributed by atoms with van der Waals surface area (Å²) in [5.74, 6) is 0. The molecule has 0 fully saturated rings. The Morgan fingerprint density at radius 1 is 1.05 bits per heavy atom. The third-order valence-electron chi connectivity index (χ3n) is 2.68. The Morgan fingerprint density at radius 2 is 1.71 bits per heavy atom. The average molecular weight is 373 g/mol. The summed E-state index contributed by atoms with van der Waals surface area (Å²) in [6.07, 6.45) is -8.35. The van der Waals surface area contributed by atoms with E-state index < -0.39 is 29.2 Å². The first-order valence-electron chi connectivity index (χ1n) is 5.51. The van der Waals surface area contributed by atoms with Crippen molar-refractivity contribution in [2.45, 2.75) is 17.7 Å². The van der Waals surface area contributed by atoms with Gasteiger partial charge >= 0.3 is 12.4 Å². The molecule has 0 saturated heterocycles. The van der Waals surface area contributed by atoms with Crippen molar-refractivity contribution in [2.75, 3.05) is 0 Å². The van der Waals surface area contributed by atoms with Crippen LogP contribution in [0.1, 0.15) is 16.7 Å². The zero-order chi connectivity index (χ0) is 15.8. The SMILES string of the molecule is FC(F)(F)c1cnn(-c2ccc(CBr)cc2C(F)(F)F)c1. The molecule has 0 aliphatic rings. The lowest BCUT2D eigenvalue weighted by molar-refractivity contribution is -0.137. The van der Waals surface area contributed by atoms with E-state index in [1.807, 2.05) is 0 Å². The summed E-state index contributed by atoms with van der Waals surface area (Å²) in [5.41, 5.74) is -2.26. The van der Waals surface area contributed by atoms with Crippen molar-refractivity contribution in [3.05, 3.63) is 47.3 Å². The van der Waals surface area contributed by atoms with E-state index in [0.29, 0.717) is 22.6 Å². The quantitative estimate of drug-likeness (QED) is 0.546. The summed E-state index contributed by atoms with van der Waals surface area (Å²) in [4.78, 5) is 0. The molecule has 0 aliphatic heterocycles. The van der Waals surface area contributed by atoms with Gasteiger partial charge in [0.15, 0.2) is 0 Å². The third-order valence-corrected chi connectivity index (χ3v) is 3.32. The Hall–Kier alpha value is -1.51. The van der Waals surface area contributed by atoms with Crippen LogP contribution in [-0.2, 0) is 17.7 Å². The molecule has 114 valence electrons. The van der Waals surface area contributed by atoms with Crippen molar-refractivity contribution in [2.24, 2.45) is 0 Å². The van der Waals surface area contributed by atoms with Crippen LogP contribution >= 0.6 is 15.9 Å². The van der Waals surface area contributed by atoms with E-state index >= 15 is 0 Å². The molecule has 0 amide bonds. The van der Waals surface area contributed by atoms with Gasteiger partial charge in [-0.25, -0.2) is 4.68 Å². The van der Waals surface area contributed by atoms with Gasteiger partial charge in [-0.3, -0.25) is 0 Å². The first-order valence-corrected chi connectivity index (χ1v) is 6.63. The number of benzene rings is 1. The Bertz CT molecular complexity index is 644. The Morgan fingerprint density at radius 3 is 2.19 bits per heavy atom. The van der Waals surface area contributed by atoms with E-state index in [9.17, 15) is 26.3 Å². The molecule has 0 unspecified atom stereocenters. The zero-order valence-corrected chi connectivity index (χ0v) is 11.7. The molecule has 21 heavy (non-hydrogen) atoms. The standard InChI is InChI=1S/C12H7BrF6N2/c13-4-7-1-2-10(9(3-7)12(17,18)19)21-6-8(5-20-21)11(14,15)16/h1-3,5-6H,4H2. The van der Waals surface area contributed by atoms with Gasteiger partial charge in [-0.05, 0) is 17.7 Å². The number of alkyl halides is 7. The fourth-order valence-corrected chi connectivity index (χ4v) is 2.04. The van der Waals surface area contributed by atoms with Gasteiger partial charge < -0.3 is 0 Å². The topological polar surface area (TPSA) is 17.8 Å². The molecule has 1 heterocycles. The van der Waals surface area contributed by atoms with Crippen LogP contribution in [0.25, 0.3) is 5.69 Å². The second-order valence-electron chi connectivity index (χ2n) is 4.15. The minimum Gasteiger partial charge on any atom is -0.240 e. The molecule has 0 N–H and O–H groups in total. The van der Waals surface area contributed by atoms with Crippen LogP contribution in [0.15, 0.2) is 30.6 Å². The van der Waals surface area contributed by atoms with Gasteiger partial charge in [0, 0.05) is 11.5 Å². The monoisotopic (exact) mass is 372 g/mol. The van der Waals surface area contributed by atoms with Crippen molar-refractivity contribution in [3.63, 3.8) is 0 Å². The molecular weight excluding hydrogens is 366 g/mol. The van der Waals surface area contributed by atoms with Gasteiger partial charge in [0.05, 0.1) is 23.0 Å². The molecular formula is C12H7BrF6N2. The molecule has 0 aliphatic carbocycles. The van der Waals surface area contributed by atoms with E-state index in [2.05, 4.69) is 21.0 Å². The van der Waals surface area contributed by atoms with E-state index in [4.69, 9.17) is 0 Å². The summed E-state index contributed by atoms with van der Waals surface area (Å²) >= 11 is 3.03. The molecule has 0 saturated carbocycles. The smallest absolute Gasteiger partial charge is 0.240 e. The van der Waals surface area contributed by atoms with Gasteiger partial charge in [-0.15, -0.1) is 0 Å². The van der Waals surface area contributed by atoms with Crippen LogP contribution in [0.2, 0.25) is 0 Å². The fourth-order valence-electron chi connectivity index (χ4n) is 1.69. The predicted octanol–water partition coefficient (Wildman–Crippen LogP) is 4.80. The van der Waals surface area contributed by atoms with Crippen LogP contribution in [0.4, 0.5) is 26.3 Å². The molecule has 0 spiro atoms. The lowest BCUT2D eigenvalue weighted by Gasteiger charge is -2.14. The van der Waals surface area contributed by atoms with E-state index in [0.717, 1.165) is 12.1 Å². The maximum atomic E-state index is 13.0. The van der Waals surface area contributed by atoms with Crippen LogP contribution in [0.5, 0.6) is 0 Å². The minimum atomic E-state index is -4.70. The Kier molecular flexibility index (Phi) is 4.05. The molecule has 2 nitrogen and oxygen atoms in total. The van der Waals surface area contributed by atoms with Crippen LogP contribution < -0.4 is 0 Å². The second-order valence-corrected chi connectivity index (χ2v) is 4.71. The van der Waals surface area contributed by atoms with Crippen molar-refractivity contribution >= 4 is 15.9 Å². The Labute approximate surface area is 123 Å². The molecule has 9 heteroatoms. The molecule has 2 aromatic rings. The molecule has 0 bridgehead atoms. The van der Waals surface area contributed by atoms with Crippen LogP contribution in [-0.4, -0.2) is 9.78 Å². The summed E-state index contributed by atoms with van der Waals surface area (Å²) in [6.45, 7) is 0. The second kappa shape index (κ2) is 5.36. The predicted molar refractivity (Wildman–Crippen MR) is 66.2 cm³/mol. The maximum Gasteiger partial charge on any atom is 0.419 e. The van der Waals surface area contributed by atoms with E-state index in [-0.39, 0.29) is 5.33 Å². The average Bonchev–Trinajstić information content (AvgIpc) is 2.86. The highest BCUT2D eigenvalue weighted by Gasteiger charge is 2.36. The largest absolute Gasteiger partial charge is 0.419 e. The Balaban J connectivity index is 2.56. The number of nitrogens with zero attached hydrogens (tertiary/aromatic N) is 2. The molecule has 1 aromatic heterocycles. The number of aromatic nitrogens is 2. The molecule has 2 rings (SSSR count). The lowest BCUT2D eigenvalue weighted by atomic mass is 10.1. The van der Waals surface area contributed by atoms with Gasteiger partial charge in [-0.2, -0.15) is 31.4 Å².